The summed E-state index contributed by atoms with van der Waals surface area (Å²) < 4.78 is 3.68. The first kappa shape index (κ1) is 11.3. The second-order valence-electron chi connectivity index (χ2n) is 3.17. The number of aromatic nitrogens is 3. The second-order valence-corrected chi connectivity index (χ2v) is 3.92. The number of carbonyl (C=O) groups is 1. The molecule has 0 bridgehead atoms. The highest BCUT2D eigenvalue weighted by Gasteiger charge is 2.11. The summed E-state index contributed by atoms with van der Waals surface area (Å²) in [6, 6.07) is 3.57. The van der Waals surface area contributed by atoms with E-state index < -0.39 is 0 Å². The molecular formula is C10H9N5OS. The molecule has 0 aliphatic carbocycles. The molecule has 1 N–H and O–H groups in total. The smallest absolute Gasteiger partial charge is 0.266 e. The largest absolute Gasteiger partial charge is 0.285 e. The van der Waals surface area contributed by atoms with Crippen LogP contribution in [0.2, 0.25) is 0 Å². The van der Waals surface area contributed by atoms with Crippen LogP contribution < -0.4 is 5.43 Å². The van der Waals surface area contributed by atoms with Gasteiger partial charge in [-0.25, -0.2) is 5.43 Å². The zero-order chi connectivity index (χ0) is 12.1. The van der Waals surface area contributed by atoms with Crippen molar-refractivity contribution in [3.05, 3.63) is 40.7 Å². The number of nitrogens with one attached hydrogen (secondary N) is 1. The summed E-state index contributed by atoms with van der Waals surface area (Å²) in [5.41, 5.74) is 3.88. The molecule has 2 heterocycles. The Bertz CT molecular complexity index is 537. The van der Waals surface area contributed by atoms with Crippen LogP contribution in [-0.4, -0.2) is 26.7 Å². The van der Waals surface area contributed by atoms with Crippen molar-refractivity contribution in [3.63, 3.8) is 0 Å². The first-order valence-corrected chi connectivity index (χ1v) is 5.57. The fourth-order valence-corrected chi connectivity index (χ4v) is 1.65. The monoisotopic (exact) mass is 247 g/mol. The SMILES string of the molecule is Cc1nnsc1C(=O)N/N=C\c1ccncc1. The minimum absolute atomic E-state index is 0.303. The molecule has 0 unspecified atom stereocenters. The van der Waals surface area contributed by atoms with Gasteiger partial charge in [-0.1, -0.05) is 4.49 Å². The molecular weight excluding hydrogens is 238 g/mol. The van der Waals surface area contributed by atoms with Gasteiger partial charge >= 0.3 is 0 Å². The van der Waals surface area contributed by atoms with Gasteiger partial charge in [0.05, 0.1) is 11.9 Å². The van der Waals surface area contributed by atoms with Crippen molar-refractivity contribution in [2.75, 3.05) is 0 Å². The van der Waals surface area contributed by atoms with Crippen LogP contribution in [0.25, 0.3) is 0 Å². The van der Waals surface area contributed by atoms with Crippen molar-refractivity contribution < 1.29 is 4.79 Å². The summed E-state index contributed by atoms with van der Waals surface area (Å²) in [5, 5.41) is 7.59. The molecule has 6 nitrogen and oxygen atoms in total. The van der Waals surface area contributed by atoms with Crippen molar-refractivity contribution in [2.24, 2.45) is 5.10 Å². The van der Waals surface area contributed by atoms with E-state index >= 15 is 0 Å². The van der Waals surface area contributed by atoms with Crippen LogP contribution >= 0.6 is 11.5 Å². The topological polar surface area (TPSA) is 80.1 Å². The Labute approximate surface area is 102 Å². The third-order valence-corrected chi connectivity index (χ3v) is 2.77. The maximum absolute atomic E-state index is 11.6. The molecule has 2 rings (SSSR count). The van der Waals surface area contributed by atoms with E-state index in [1.807, 2.05) is 0 Å². The number of amides is 1. The number of hydrogen-bond donors (Lipinski definition) is 1. The highest BCUT2D eigenvalue weighted by atomic mass is 32.1. The second kappa shape index (κ2) is 5.26. The average molecular weight is 247 g/mol. The molecule has 0 saturated carbocycles. The molecule has 0 fully saturated rings. The van der Waals surface area contributed by atoms with Crippen molar-refractivity contribution in [2.45, 2.75) is 6.92 Å². The van der Waals surface area contributed by atoms with Gasteiger partial charge in [0.15, 0.2) is 0 Å². The third-order valence-electron chi connectivity index (χ3n) is 1.94. The predicted molar refractivity (Wildman–Crippen MR) is 63.9 cm³/mol. The fraction of sp³-hybridized carbons (Fsp3) is 0.100. The number of rotatable bonds is 3. The molecule has 86 valence electrons. The van der Waals surface area contributed by atoms with Crippen molar-refractivity contribution in [3.8, 4) is 0 Å². The summed E-state index contributed by atoms with van der Waals surface area (Å²) in [5.74, 6) is -0.303. The Morgan fingerprint density at radius 1 is 1.47 bits per heavy atom. The van der Waals surface area contributed by atoms with Crippen molar-refractivity contribution in [1.29, 1.82) is 0 Å². The molecule has 0 radical (unpaired) electrons. The van der Waals surface area contributed by atoms with Gasteiger partial charge in [-0.05, 0) is 36.2 Å². The van der Waals surface area contributed by atoms with Gasteiger partial charge in [-0.15, -0.1) is 5.10 Å². The van der Waals surface area contributed by atoms with E-state index in [4.69, 9.17) is 0 Å². The molecule has 1 amide bonds. The van der Waals surface area contributed by atoms with E-state index in [-0.39, 0.29) is 5.91 Å². The minimum Gasteiger partial charge on any atom is -0.266 e. The number of nitrogens with zero attached hydrogens (tertiary/aromatic N) is 4. The van der Waals surface area contributed by atoms with Gasteiger partial charge in [-0.3, -0.25) is 9.78 Å². The molecule has 2 aromatic heterocycles. The van der Waals surface area contributed by atoms with E-state index in [2.05, 4.69) is 25.1 Å². The normalized spacial score (nSPS) is 10.6. The zero-order valence-electron chi connectivity index (χ0n) is 8.99. The van der Waals surface area contributed by atoms with Crippen molar-refractivity contribution in [1.82, 2.24) is 20.0 Å². The Morgan fingerprint density at radius 3 is 2.88 bits per heavy atom. The lowest BCUT2D eigenvalue weighted by Crippen LogP contribution is -2.17. The summed E-state index contributed by atoms with van der Waals surface area (Å²) in [4.78, 5) is 16.0. The Balaban J connectivity index is 1.98. The number of hydrogen-bond acceptors (Lipinski definition) is 6. The third kappa shape index (κ3) is 2.91. The Hall–Kier alpha value is -2.15. The van der Waals surface area contributed by atoms with Crippen LogP contribution in [0.1, 0.15) is 20.9 Å². The van der Waals surface area contributed by atoms with Crippen LogP contribution in [0.4, 0.5) is 0 Å². The highest BCUT2D eigenvalue weighted by Crippen LogP contribution is 2.08. The molecule has 0 atom stereocenters. The van der Waals surface area contributed by atoms with Gasteiger partial charge in [0, 0.05) is 12.4 Å². The van der Waals surface area contributed by atoms with Crippen LogP contribution in [0, 0.1) is 6.92 Å². The first-order chi connectivity index (χ1) is 8.27. The van der Waals surface area contributed by atoms with Gasteiger partial charge in [0.2, 0.25) is 0 Å². The van der Waals surface area contributed by atoms with Gasteiger partial charge in [0.1, 0.15) is 4.88 Å². The minimum atomic E-state index is -0.303. The molecule has 0 aliphatic heterocycles. The molecule has 2 aromatic rings. The number of carbonyl (C=O) groups excluding carboxylic acids is 1. The van der Waals surface area contributed by atoms with E-state index in [9.17, 15) is 4.79 Å². The molecule has 0 aromatic carbocycles. The van der Waals surface area contributed by atoms with E-state index in [0.717, 1.165) is 17.1 Å². The fourth-order valence-electron chi connectivity index (χ4n) is 1.11. The quantitative estimate of drug-likeness (QED) is 0.648. The zero-order valence-corrected chi connectivity index (χ0v) is 9.81. The van der Waals surface area contributed by atoms with Crippen molar-refractivity contribution >= 4 is 23.7 Å². The maximum Gasteiger partial charge on any atom is 0.285 e. The summed E-state index contributed by atoms with van der Waals surface area (Å²) in [6.45, 7) is 1.73. The van der Waals surface area contributed by atoms with E-state index in [0.29, 0.717) is 10.6 Å². The lowest BCUT2D eigenvalue weighted by molar-refractivity contribution is 0.0958. The average Bonchev–Trinajstić information content (AvgIpc) is 2.77. The molecule has 0 spiro atoms. The van der Waals surface area contributed by atoms with Crippen LogP contribution in [-0.2, 0) is 0 Å². The predicted octanol–water partition coefficient (Wildman–Crippen LogP) is 1.01. The summed E-state index contributed by atoms with van der Waals surface area (Å²) in [7, 11) is 0. The first-order valence-electron chi connectivity index (χ1n) is 4.80. The van der Waals surface area contributed by atoms with Crippen LogP contribution in [0.5, 0.6) is 0 Å². The van der Waals surface area contributed by atoms with Gasteiger partial charge in [-0.2, -0.15) is 5.10 Å². The van der Waals surface area contributed by atoms with E-state index in [1.54, 1.807) is 37.7 Å². The van der Waals surface area contributed by atoms with Crippen LogP contribution in [0.3, 0.4) is 0 Å². The Kier molecular flexibility index (Phi) is 3.51. The summed E-state index contributed by atoms with van der Waals surface area (Å²) >= 11 is 1.05. The van der Waals surface area contributed by atoms with Crippen LogP contribution in [0.15, 0.2) is 29.6 Å². The number of aryl methyl sites for hydroxylation is 1. The Morgan fingerprint density at radius 2 is 2.24 bits per heavy atom. The molecule has 0 aliphatic rings. The van der Waals surface area contributed by atoms with Gasteiger partial charge in [0.25, 0.3) is 5.91 Å². The molecule has 17 heavy (non-hydrogen) atoms. The highest BCUT2D eigenvalue weighted by molar-refractivity contribution is 7.07. The standard InChI is InChI=1S/C10H9N5OS/c1-7-9(17-15-13-7)10(16)14-12-6-8-2-4-11-5-3-8/h2-6H,1H3,(H,14,16)/b12-6-. The molecule has 0 saturated heterocycles. The lowest BCUT2D eigenvalue weighted by atomic mass is 10.3. The number of hydrazone groups is 1. The maximum atomic E-state index is 11.6. The number of pyridine rings is 1. The summed E-state index contributed by atoms with van der Waals surface area (Å²) in [6.07, 6.45) is 4.85. The molecule has 7 heteroatoms. The van der Waals surface area contributed by atoms with E-state index in [1.165, 1.54) is 0 Å². The lowest BCUT2D eigenvalue weighted by Gasteiger charge is -1.95. The van der Waals surface area contributed by atoms with Gasteiger partial charge < -0.3 is 0 Å².